The average Bonchev–Trinajstić information content (AvgIpc) is 2.12. The number of hydrogen-bond acceptors (Lipinski definition) is 2. The van der Waals surface area contributed by atoms with Gasteiger partial charge in [0.2, 0.25) is 0 Å². The van der Waals surface area contributed by atoms with Crippen LogP contribution in [0.2, 0.25) is 0 Å². The Labute approximate surface area is 97.7 Å². The molecular weight excluding hydrogens is 206 g/mol. The van der Waals surface area contributed by atoms with Crippen molar-refractivity contribution in [1.82, 2.24) is 5.32 Å². The molecule has 2 atom stereocenters. The zero-order chi connectivity index (χ0) is 11.9. The van der Waals surface area contributed by atoms with E-state index in [1.54, 1.807) is 0 Å². The smallest absolute Gasteiger partial charge is 0.0393 e. The Kier molecular flexibility index (Phi) is 7.45. The van der Waals surface area contributed by atoms with Crippen molar-refractivity contribution < 1.29 is 4.21 Å². The van der Waals surface area contributed by atoms with Gasteiger partial charge in [-0.05, 0) is 18.9 Å². The number of nitrogens with one attached hydrogen (secondary N) is 1. The highest BCUT2D eigenvalue weighted by atomic mass is 32.2. The molecule has 0 rings (SSSR count). The summed E-state index contributed by atoms with van der Waals surface area (Å²) < 4.78 is 11.8. The van der Waals surface area contributed by atoms with Crippen molar-refractivity contribution in [2.45, 2.75) is 53.0 Å². The highest BCUT2D eigenvalue weighted by molar-refractivity contribution is 7.85. The first kappa shape index (κ1) is 15.1. The number of hydrogen-bond donors (Lipinski definition) is 1. The second-order valence-electron chi connectivity index (χ2n) is 5.23. The predicted molar refractivity (Wildman–Crippen MR) is 69.7 cm³/mol. The lowest BCUT2D eigenvalue weighted by atomic mass is 9.88. The molecule has 0 aliphatic carbocycles. The minimum atomic E-state index is -0.660. The van der Waals surface area contributed by atoms with E-state index in [1.807, 2.05) is 7.05 Å². The van der Waals surface area contributed by atoms with Gasteiger partial charge < -0.3 is 5.32 Å². The monoisotopic (exact) mass is 233 g/mol. The molecule has 0 fully saturated rings. The molecule has 0 aliphatic rings. The molecule has 2 nitrogen and oxygen atoms in total. The van der Waals surface area contributed by atoms with Crippen LogP contribution in [0, 0.1) is 5.41 Å². The maximum absolute atomic E-state index is 11.8. The van der Waals surface area contributed by atoms with Crippen molar-refractivity contribution in [1.29, 1.82) is 0 Å². The van der Waals surface area contributed by atoms with Gasteiger partial charge in [-0.25, -0.2) is 0 Å². The first-order valence-electron chi connectivity index (χ1n) is 5.94. The lowest BCUT2D eigenvalue weighted by Crippen LogP contribution is -2.42. The van der Waals surface area contributed by atoms with Gasteiger partial charge in [0.15, 0.2) is 0 Å². The predicted octanol–water partition coefficient (Wildman–Crippen LogP) is 2.56. The maximum Gasteiger partial charge on any atom is 0.0393 e. The Morgan fingerprint density at radius 2 is 1.87 bits per heavy atom. The fourth-order valence-electron chi connectivity index (χ4n) is 1.55. The molecule has 0 radical (unpaired) electrons. The first-order chi connectivity index (χ1) is 6.91. The Hall–Kier alpha value is 0.110. The number of unbranched alkanes of at least 4 members (excludes halogenated alkanes) is 2. The molecule has 92 valence electrons. The van der Waals surface area contributed by atoms with Gasteiger partial charge in [-0.1, -0.05) is 40.5 Å². The fraction of sp³-hybridized carbons (Fsp3) is 1.00. The standard InChI is InChI=1S/C12H27NOS/c1-6-7-8-9-15(14)10-11(13-5)12(2,3)4/h11,13H,6-10H2,1-5H3. The normalized spacial score (nSPS) is 16.3. The van der Waals surface area contributed by atoms with Crippen LogP contribution in [0.25, 0.3) is 0 Å². The van der Waals surface area contributed by atoms with Crippen molar-refractivity contribution in [3.63, 3.8) is 0 Å². The lowest BCUT2D eigenvalue weighted by molar-refractivity contribution is 0.304. The summed E-state index contributed by atoms with van der Waals surface area (Å²) in [7, 11) is 1.30. The highest BCUT2D eigenvalue weighted by Gasteiger charge is 2.24. The molecule has 0 aromatic rings. The molecule has 0 aliphatic heterocycles. The average molecular weight is 233 g/mol. The molecule has 0 bridgehead atoms. The molecule has 2 unspecified atom stereocenters. The Morgan fingerprint density at radius 3 is 2.27 bits per heavy atom. The highest BCUT2D eigenvalue weighted by Crippen LogP contribution is 2.19. The van der Waals surface area contributed by atoms with Crippen molar-refractivity contribution in [2.24, 2.45) is 5.41 Å². The van der Waals surface area contributed by atoms with Gasteiger partial charge in [-0.3, -0.25) is 4.21 Å². The van der Waals surface area contributed by atoms with E-state index in [2.05, 4.69) is 33.0 Å². The molecule has 0 spiro atoms. The summed E-state index contributed by atoms with van der Waals surface area (Å²) in [4.78, 5) is 0. The van der Waals surface area contributed by atoms with Crippen LogP contribution >= 0.6 is 0 Å². The minimum Gasteiger partial charge on any atom is -0.316 e. The summed E-state index contributed by atoms with van der Waals surface area (Å²) in [5.74, 6) is 1.64. The maximum atomic E-state index is 11.8. The number of rotatable bonds is 7. The van der Waals surface area contributed by atoms with Crippen molar-refractivity contribution in [2.75, 3.05) is 18.6 Å². The Morgan fingerprint density at radius 1 is 1.27 bits per heavy atom. The van der Waals surface area contributed by atoms with Crippen molar-refractivity contribution >= 4 is 10.8 Å². The molecular formula is C12H27NOS. The van der Waals surface area contributed by atoms with Gasteiger partial charge in [0.05, 0.1) is 0 Å². The van der Waals surface area contributed by atoms with Crippen LogP contribution in [-0.4, -0.2) is 28.8 Å². The molecule has 0 heterocycles. The van der Waals surface area contributed by atoms with E-state index in [1.165, 1.54) is 12.8 Å². The zero-order valence-electron chi connectivity index (χ0n) is 10.9. The third-order valence-electron chi connectivity index (χ3n) is 2.72. The van der Waals surface area contributed by atoms with Crippen LogP contribution in [0.15, 0.2) is 0 Å². The Balaban J connectivity index is 3.92. The van der Waals surface area contributed by atoms with Crippen molar-refractivity contribution in [3.8, 4) is 0 Å². The summed E-state index contributed by atoms with van der Waals surface area (Å²) in [5, 5.41) is 3.27. The summed E-state index contributed by atoms with van der Waals surface area (Å²) in [6.45, 7) is 8.75. The van der Waals surface area contributed by atoms with E-state index >= 15 is 0 Å². The van der Waals surface area contributed by atoms with Gasteiger partial charge in [-0.2, -0.15) is 0 Å². The van der Waals surface area contributed by atoms with Gasteiger partial charge in [-0.15, -0.1) is 0 Å². The third kappa shape index (κ3) is 7.07. The SMILES string of the molecule is CCCCCS(=O)CC(NC)C(C)(C)C. The van der Waals surface area contributed by atoms with E-state index < -0.39 is 10.8 Å². The fourth-order valence-corrected chi connectivity index (χ4v) is 3.28. The second-order valence-corrected chi connectivity index (χ2v) is 6.85. The largest absolute Gasteiger partial charge is 0.316 e. The van der Waals surface area contributed by atoms with Crippen LogP contribution in [0.4, 0.5) is 0 Å². The lowest BCUT2D eigenvalue weighted by Gasteiger charge is -2.30. The summed E-state index contributed by atoms with van der Waals surface area (Å²) in [6.07, 6.45) is 3.50. The molecule has 0 aromatic carbocycles. The van der Waals surface area contributed by atoms with E-state index in [-0.39, 0.29) is 5.41 Å². The van der Waals surface area contributed by atoms with E-state index in [0.717, 1.165) is 17.9 Å². The minimum absolute atomic E-state index is 0.190. The van der Waals surface area contributed by atoms with Crippen LogP contribution in [0.1, 0.15) is 47.0 Å². The van der Waals surface area contributed by atoms with Crippen LogP contribution in [-0.2, 0) is 10.8 Å². The van der Waals surface area contributed by atoms with Crippen LogP contribution < -0.4 is 5.32 Å². The first-order valence-corrected chi connectivity index (χ1v) is 7.42. The topological polar surface area (TPSA) is 29.1 Å². The van der Waals surface area contributed by atoms with E-state index in [4.69, 9.17) is 0 Å². The summed E-state index contributed by atoms with van der Waals surface area (Å²) in [6, 6.07) is 0.347. The van der Waals surface area contributed by atoms with Gasteiger partial charge in [0.1, 0.15) is 0 Å². The van der Waals surface area contributed by atoms with Gasteiger partial charge in [0.25, 0.3) is 0 Å². The Bertz CT molecular complexity index is 187. The third-order valence-corrected chi connectivity index (χ3v) is 4.17. The van der Waals surface area contributed by atoms with E-state index in [9.17, 15) is 4.21 Å². The quantitative estimate of drug-likeness (QED) is 0.685. The van der Waals surface area contributed by atoms with Crippen molar-refractivity contribution in [3.05, 3.63) is 0 Å². The van der Waals surface area contributed by atoms with E-state index in [0.29, 0.717) is 6.04 Å². The second kappa shape index (κ2) is 7.39. The molecule has 0 aromatic heterocycles. The molecule has 1 N–H and O–H groups in total. The molecule has 0 saturated carbocycles. The zero-order valence-corrected chi connectivity index (χ0v) is 11.7. The van der Waals surface area contributed by atoms with Crippen LogP contribution in [0.3, 0.4) is 0 Å². The molecule has 3 heteroatoms. The summed E-state index contributed by atoms with van der Waals surface area (Å²) >= 11 is 0. The van der Waals surface area contributed by atoms with Gasteiger partial charge in [0, 0.05) is 28.3 Å². The summed E-state index contributed by atoms with van der Waals surface area (Å²) in [5.41, 5.74) is 0.190. The molecule has 0 saturated heterocycles. The molecule has 15 heavy (non-hydrogen) atoms. The molecule has 0 amide bonds. The van der Waals surface area contributed by atoms with Gasteiger partial charge >= 0.3 is 0 Å². The van der Waals surface area contributed by atoms with Crippen LogP contribution in [0.5, 0.6) is 0 Å².